The molecule has 0 spiro atoms. The van der Waals surface area contributed by atoms with Gasteiger partial charge in [-0.25, -0.2) is 13.1 Å². The summed E-state index contributed by atoms with van der Waals surface area (Å²) in [6.07, 6.45) is 9.46. The number of nitrogens with zero attached hydrogens (tertiary/aromatic N) is 3. The first-order chi connectivity index (χ1) is 9.53. The van der Waals surface area contributed by atoms with Crippen LogP contribution in [0.15, 0.2) is 6.20 Å². The molecule has 0 unspecified atom stereocenters. The fourth-order valence-corrected chi connectivity index (χ4v) is 2.89. The quantitative estimate of drug-likeness (QED) is 0.753. The fourth-order valence-electron chi connectivity index (χ4n) is 2.43. The summed E-state index contributed by atoms with van der Waals surface area (Å²) < 4.78 is 26.0. The second-order valence-corrected chi connectivity index (χ2v) is 7.19. The molecule has 0 aromatic carbocycles. The summed E-state index contributed by atoms with van der Waals surface area (Å²) in [5.41, 5.74) is 0.898. The van der Waals surface area contributed by atoms with Crippen molar-refractivity contribution in [1.82, 2.24) is 25.0 Å². The molecule has 2 N–H and O–H groups in total. The van der Waals surface area contributed by atoms with Gasteiger partial charge in [-0.15, -0.1) is 5.10 Å². The van der Waals surface area contributed by atoms with E-state index in [-0.39, 0.29) is 0 Å². The number of sulfonamides is 1. The molecule has 1 saturated carbocycles. The summed E-state index contributed by atoms with van der Waals surface area (Å²) in [4.78, 5) is 0. The first-order valence-electron chi connectivity index (χ1n) is 7.10. The maximum atomic E-state index is 10.9. The fraction of sp³-hybridized carbons (Fsp3) is 0.833. The van der Waals surface area contributed by atoms with Gasteiger partial charge in [0.05, 0.1) is 18.5 Å². The molecule has 1 aromatic heterocycles. The minimum atomic E-state index is -3.14. The Balaban J connectivity index is 1.71. The van der Waals surface area contributed by atoms with Crippen LogP contribution in [0.3, 0.4) is 0 Å². The van der Waals surface area contributed by atoms with Crippen LogP contribution < -0.4 is 10.0 Å². The van der Waals surface area contributed by atoms with Gasteiger partial charge in [-0.1, -0.05) is 24.5 Å². The zero-order valence-electron chi connectivity index (χ0n) is 11.9. The third-order valence-corrected chi connectivity index (χ3v) is 4.20. The van der Waals surface area contributed by atoms with Crippen molar-refractivity contribution in [1.29, 1.82) is 0 Å². The van der Waals surface area contributed by atoms with E-state index in [9.17, 15) is 8.42 Å². The Kier molecular flexibility index (Phi) is 5.50. The highest BCUT2D eigenvalue weighted by atomic mass is 32.2. The maximum Gasteiger partial charge on any atom is 0.208 e. The molecule has 8 heteroatoms. The van der Waals surface area contributed by atoms with E-state index in [1.807, 2.05) is 6.20 Å². The summed E-state index contributed by atoms with van der Waals surface area (Å²) in [5, 5.41) is 11.6. The highest BCUT2D eigenvalue weighted by molar-refractivity contribution is 7.88. The molecule has 1 aromatic rings. The van der Waals surface area contributed by atoms with Crippen LogP contribution in [-0.4, -0.2) is 42.3 Å². The molecule has 114 valence electrons. The van der Waals surface area contributed by atoms with Gasteiger partial charge in [0, 0.05) is 25.3 Å². The van der Waals surface area contributed by atoms with Gasteiger partial charge < -0.3 is 5.32 Å². The van der Waals surface area contributed by atoms with E-state index in [0.29, 0.717) is 19.1 Å². The van der Waals surface area contributed by atoms with Crippen molar-refractivity contribution >= 4 is 10.0 Å². The van der Waals surface area contributed by atoms with Crippen molar-refractivity contribution < 1.29 is 8.42 Å². The molecule has 7 nitrogen and oxygen atoms in total. The van der Waals surface area contributed by atoms with Crippen LogP contribution in [0.1, 0.15) is 37.8 Å². The lowest BCUT2D eigenvalue weighted by molar-refractivity contribution is 0.371. The van der Waals surface area contributed by atoms with Crippen LogP contribution in [-0.2, 0) is 23.1 Å². The highest BCUT2D eigenvalue weighted by Crippen LogP contribution is 2.17. The number of rotatable bonds is 7. The highest BCUT2D eigenvalue weighted by Gasteiger charge is 2.13. The Morgan fingerprint density at radius 3 is 2.80 bits per heavy atom. The summed E-state index contributed by atoms with van der Waals surface area (Å²) in [6.45, 7) is 1.55. The molecule has 2 rings (SSSR count). The van der Waals surface area contributed by atoms with Crippen molar-refractivity contribution in [2.45, 2.75) is 51.2 Å². The van der Waals surface area contributed by atoms with E-state index in [2.05, 4.69) is 20.4 Å². The van der Waals surface area contributed by atoms with Gasteiger partial charge in [-0.05, 0) is 12.8 Å². The largest absolute Gasteiger partial charge is 0.308 e. The van der Waals surface area contributed by atoms with E-state index in [1.54, 1.807) is 4.68 Å². The van der Waals surface area contributed by atoms with Crippen LogP contribution in [0.25, 0.3) is 0 Å². The molecule has 0 amide bonds. The van der Waals surface area contributed by atoms with Gasteiger partial charge in [0.2, 0.25) is 10.0 Å². The number of nitrogens with one attached hydrogen (secondary N) is 2. The SMILES string of the molecule is CS(=O)(=O)NCCn1cc(CNC2CCCCC2)nn1. The molecule has 1 heterocycles. The number of hydrogen-bond acceptors (Lipinski definition) is 5. The van der Waals surface area contributed by atoms with Crippen molar-refractivity contribution in [2.75, 3.05) is 12.8 Å². The van der Waals surface area contributed by atoms with Crippen LogP contribution in [0.4, 0.5) is 0 Å². The summed E-state index contributed by atoms with van der Waals surface area (Å²) in [5.74, 6) is 0. The molecule has 0 atom stereocenters. The van der Waals surface area contributed by atoms with Crippen molar-refractivity contribution in [2.24, 2.45) is 0 Å². The lowest BCUT2D eigenvalue weighted by Crippen LogP contribution is -2.30. The van der Waals surface area contributed by atoms with E-state index in [0.717, 1.165) is 18.5 Å². The van der Waals surface area contributed by atoms with Crippen LogP contribution >= 0.6 is 0 Å². The average Bonchev–Trinajstić information content (AvgIpc) is 2.84. The molecule has 0 bridgehead atoms. The zero-order valence-corrected chi connectivity index (χ0v) is 12.7. The maximum absolute atomic E-state index is 10.9. The molecule has 0 saturated heterocycles. The molecule has 0 radical (unpaired) electrons. The molecule has 20 heavy (non-hydrogen) atoms. The zero-order chi connectivity index (χ0) is 14.4. The molecular weight excluding hydrogens is 278 g/mol. The molecular formula is C12H23N5O2S. The third-order valence-electron chi connectivity index (χ3n) is 3.47. The third kappa shape index (κ3) is 5.56. The Morgan fingerprint density at radius 2 is 2.10 bits per heavy atom. The average molecular weight is 301 g/mol. The molecule has 1 aliphatic carbocycles. The van der Waals surface area contributed by atoms with E-state index >= 15 is 0 Å². The Bertz CT molecular complexity index is 508. The predicted molar refractivity (Wildman–Crippen MR) is 76.6 cm³/mol. The minimum Gasteiger partial charge on any atom is -0.308 e. The van der Waals surface area contributed by atoms with Crippen LogP contribution in [0.2, 0.25) is 0 Å². The van der Waals surface area contributed by atoms with Crippen molar-refractivity contribution in [3.63, 3.8) is 0 Å². The van der Waals surface area contributed by atoms with E-state index < -0.39 is 10.0 Å². The monoisotopic (exact) mass is 301 g/mol. The smallest absolute Gasteiger partial charge is 0.208 e. The minimum absolute atomic E-state index is 0.331. The summed E-state index contributed by atoms with van der Waals surface area (Å²) >= 11 is 0. The number of aromatic nitrogens is 3. The first-order valence-corrected chi connectivity index (χ1v) is 8.99. The van der Waals surface area contributed by atoms with Crippen LogP contribution in [0, 0.1) is 0 Å². The van der Waals surface area contributed by atoms with E-state index in [4.69, 9.17) is 0 Å². The van der Waals surface area contributed by atoms with Crippen LogP contribution in [0.5, 0.6) is 0 Å². The predicted octanol–water partition coefficient (Wildman–Crippen LogP) is 0.250. The molecule has 1 aliphatic rings. The lowest BCUT2D eigenvalue weighted by Gasteiger charge is -2.22. The van der Waals surface area contributed by atoms with E-state index in [1.165, 1.54) is 32.1 Å². The van der Waals surface area contributed by atoms with Crippen molar-refractivity contribution in [3.8, 4) is 0 Å². The lowest BCUT2D eigenvalue weighted by atomic mass is 9.95. The summed E-state index contributed by atoms with van der Waals surface area (Å²) in [7, 11) is -3.14. The standard InChI is InChI=1S/C12H23N5O2S/c1-20(18,19)14-7-8-17-10-12(15-16-17)9-13-11-5-3-2-4-6-11/h10-11,13-14H,2-9H2,1H3. The van der Waals surface area contributed by atoms with Gasteiger partial charge in [0.15, 0.2) is 0 Å². The normalized spacial score (nSPS) is 17.4. The van der Waals surface area contributed by atoms with Crippen molar-refractivity contribution in [3.05, 3.63) is 11.9 Å². The van der Waals surface area contributed by atoms with Gasteiger partial charge >= 0.3 is 0 Å². The Morgan fingerprint density at radius 1 is 1.35 bits per heavy atom. The molecule has 0 aliphatic heterocycles. The van der Waals surface area contributed by atoms with Gasteiger partial charge in [-0.3, -0.25) is 4.68 Å². The topological polar surface area (TPSA) is 88.9 Å². The van der Waals surface area contributed by atoms with Gasteiger partial charge in [-0.2, -0.15) is 0 Å². The van der Waals surface area contributed by atoms with Gasteiger partial charge in [0.25, 0.3) is 0 Å². The number of hydrogen-bond donors (Lipinski definition) is 2. The molecule has 1 fully saturated rings. The first kappa shape index (κ1) is 15.4. The summed E-state index contributed by atoms with van der Waals surface area (Å²) in [6, 6.07) is 0.598. The van der Waals surface area contributed by atoms with Gasteiger partial charge in [0.1, 0.15) is 0 Å². The second kappa shape index (κ2) is 7.14. The second-order valence-electron chi connectivity index (χ2n) is 5.36. The Hall–Kier alpha value is -0.990. The Labute approximate surface area is 120 Å².